The summed E-state index contributed by atoms with van der Waals surface area (Å²) in [6, 6.07) is 16.4. The SMILES string of the molecule is Cc1ccc(CNC(=O)CSc2nccnc2Sc2cccc(C)c2)cc1. The van der Waals surface area contributed by atoms with E-state index in [1.807, 2.05) is 37.3 Å². The van der Waals surface area contributed by atoms with Crippen molar-refractivity contribution in [3.05, 3.63) is 77.6 Å². The van der Waals surface area contributed by atoms with E-state index < -0.39 is 0 Å². The lowest BCUT2D eigenvalue weighted by Gasteiger charge is -2.08. The van der Waals surface area contributed by atoms with E-state index in [4.69, 9.17) is 0 Å². The van der Waals surface area contributed by atoms with Crippen LogP contribution in [0.4, 0.5) is 0 Å². The van der Waals surface area contributed by atoms with Gasteiger partial charge in [0.15, 0.2) is 0 Å². The van der Waals surface area contributed by atoms with E-state index in [0.717, 1.165) is 20.5 Å². The van der Waals surface area contributed by atoms with Crippen molar-refractivity contribution < 1.29 is 4.79 Å². The second-order valence-corrected chi connectivity index (χ2v) is 8.16. The Kier molecular flexibility index (Phi) is 6.90. The van der Waals surface area contributed by atoms with Crippen molar-refractivity contribution >= 4 is 29.4 Å². The third kappa shape index (κ3) is 6.12. The predicted octanol–water partition coefficient (Wildman–Crippen LogP) is 4.65. The lowest BCUT2D eigenvalue weighted by molar-refractivity contribution is -0.118. The Hall–Kier alpha value is -2.31. The van der Waals surface area contributed by atoms with Crippen molar-refractivity contribution in [2.75, 3.05) is 5.75 Å². The maximum absolute atomic E-state index is 12.2. The zero-order valence-corrected chi connectivity index (χ0v) is 16.9. The van der Waals surface area contributed by atoms with Crippen LogP contribution in [-0.2, 0) is 11.3 Å². The number of thioether (sulfide) groups is 1. The van der Waals surface area contributed by atoms with Crippen molar-refractivity contribution in [1.82, 2.24) is 15.3 Å². The van der Waals surface area contributed by atoms with Crippen LogP contribution in [0.2, 0.25) is 0 Å². The molecule has 1 heterocycles. The molecule has 138 valence electrons. The fourth-order valence-electron chi connectivity index (χ4n) is 2.36. The number of aryl methyl sites for hydroxylation is 2. The number of hydrogen-bond acceptors (Lipinski definition) is 5. The molecule has 0 saturated heterocycles. The van der Waals surface area contributed by atoms with Gasteiger partial charge in [0.1, 0.15) is 10.1 Å². The molecule has 27 heavy (non-hydrogen) atoms. The van der Waals surface area contributed by atoms with Crippen LogP contribution in [0.25, 0.3) is 0 Å². The maximum Gasteiger partial charge on any atom is 0.230 e. The fraction of sp³-hybridized carbons (Fsp3) is 0.190. The first kappa shape index (κ1) is 19.5. The molecule has 0 aliphatic heterocycles. The highest BCUT2D eigenvalue weighted by atomic mass is 32.2. The lowest BCUT2D eigenvalue weighted by Crippen LogP contribution is -2.24. The smallest absolute Gasteiger partial charge is 0.230 e. The van der Waals surface area contributed by atoms with Crippen molar-refractivity contribution in [2.24, 2.45) is 0 Å². The van der Waals surface area contributed by atoms with Gasteiger partial charge in [-0.05, 0) is 31.5 Å². The Balaban J connectivity index is 1.56. The lowest BCUT2D eigenvalue weighted by atomic mass is 10.1. The van der Waals surface area contributed by atoms with Gasteiger partial charge in [0, 0.05) is 23.8 Å². The molecular weight excluding hydrogens is 374 g/mol. The van der Waals surface area contributed by atoms with Crippen LogP contribution in [0.3, 0.4) is 0 Å². The summed E-state index contributed by atoms with van der Waals surface area (Å²) in [6.07, 6.45) is 3.34. The van der Waals surface area contributed by atoms with E-state index in [9.17, 15) is 4.79 Å². The minimum absolute atomic E-state index is 0.0160. The van der Waals surface area contributed by atoms with Crippen LogP contribution in [0.15, 0.2) is 75.9 Å². The first-order valence-electron chi connectivity index (χ1n) is 8.61. The van der Waals surface area contributed by atoms with Crippen molar-refractivity contribution in [3.63, 3.8) is 0 Å². The van der Waals surface area contributed by atoms with Crippen LogP contribution < -0.4 is 5.32 Å². The number of benzene rings is 2. The summed E-state index contributed by atoms with van der Waals surface area (Å²) >= 11 is 2.98. The Morgan fingerprint density at radius 3 is 2.44 bits per heavy atom. The molecule has 0 spiro atoms. The highest BCUT2D eigenvalue weighted by Gasteiger charge is 2.11. The summed E-state index contributed by atoms with van der Waals surface area (Å²) in [5.74, 6) is 0.295. The topological polar surface area (TPSA) is 54.9 Å². The summed E-state index contributed by atoms with van der Waals surface area (Å²) in [4.78, 5) is 22.1. The van der Waals surface area contributed by atoms with Gasteiger partial charge in [-0.1, -0.05) is 71.0 Å². The second-order valence-electron chi connectivity index (χ2n) is 6.14. The predicted molar refractivity (Wildman–Crippen MR) is 111 cm³/mol. The van der Waals surface area contributed by atoms with Crippen LogP contribution >= 0.6 is 23.5 Å². The van der Waals surface area contributed by atoms with Gasteiger partial charge in [0.2, 0.25) is 5.91 Å². The summed E-state index contributed by atoms with van der Waals surface area (Å²) in [5, 5.41) is 4.54. The van der Waals surface area contributed by atoms with Crippen LogP contribution in [0.1, 0.15) is 16.7 Å². The zero-order valence-electron chi connectivity index (χ0n) is 15.3. The third-order valence-electron chi connectivity index (χ3n) is 3.79. The van der Waals surface area contributed by atoms with Gasteiger partial charge in [0.05, 0.1) is 5.75 Å². The minimum atomic E-state index is -0.0160. The molecule has 1 N–H and O–H groups in total. The van der Waals surface area contributed by atoms with E-state index in [1.165, 1.54) is 22.9 Å². The molecule has 0 bridgehead atoms. The third-order valence-corrected chi connectivity index (χ3v) is 5.88. The molecule has 3 rings (SSSR count). The van der Waals surface area contributed by atoms with Crippen LogP contribution in [0, 0.1) is 13.8 Å². The van der Waals surface area contributed by atoms with E-state index in [-0.39, 0.29) is 5.91 Å². The Bertz CT molecular complexity index is 913. The van der Waals surface area contributed by atoms with Gasteiger partial charge < -0.3 is 5.32 Å². The fourth-order valence-corrected chi connectivity index (χ4v) is 4.21. The second kappa shape index (κ2) is 9.58. The summed E-state index contributed by atoms with van der Waals surface area (Å²) in [6.45, 7) is 4.64. The van der Waals surface area contributed by atoms with Crippen molar-refractivity contribution in [1.29, 1.82) is 0 Å². The number of hydrogen-bond donors (Lipinski definition) is 1. The van der Waals surface area contributed by atoms with Crippen molar-refractivity contribution in [3.8, 4) is 0 Å². The van der Waals surface area contributed by atoms with Crippen LogP contribution in [-0.4, -0.2) is 21.6 Å². The largest absolute Gasteiger partial charge is 0.351 e. The molecule has 2 aromatic carbocycles. The molecule has 0 aliphatic rings. The zero-order chi connectivity index (χ0) is 19.1. The molecule has 6 heteroatoms. The van der Waals surface area contributed by atoms with Gasteiger partial charge in [-0.15, -0.1) is 0 Å². The van der Waals surface area contributed by atoms with Crippen molar-refractivity contribution in [2.45, 2.75) is 35.3 Å². The number of nitrogens with zero attached hydrogens (tertiary/aromatic N) is 2. The highest BCUT2D eigenvalue weighted by molar-refractivity contribution is 8.02. The Labute approximate surface area is 168 Å². The van der Waals surface area contributed by atoms with E-state index in [0.29, 0.717) is 12.3 Å². The molecule has 1 amide bonds. The monoisotopic (exact) mass is 395 g/mol. The molecule has 0 aliphatic carbocycles. The summed E-state index contributed by atoms with van der Waals surface area (Å²) < 4.78 is 0. The summed E-state index contributed by atoms with van der Waals surface area (Å²) in [7, 11) is 0. The molecule has 3 aromatic rings. The number of carbonyl (C=O) groups excluding carboxylic acids is 1. The van der Waals surface area contributed by atoms with Gasteiger partial charge in [-0.2, -0.15) is 0 Å². The quantitative estimate of drug-likeness (QED) is 0.590. The van der Waals surface area contributed by atoms with Gasteiger partial charge in [0.25, 0.3) is 0 Å². The molecule has 1 aromatic heterocycles. The standard InChI is InChI=1S/C21H21N3OS2/c1-15-6-8-17(9-7-15)13-24-19(25)14-26-20-21(23-11-10-22-20)27-18-5-3-4-16(2)12-18/h3-12H,13-14H2,1-2H3,(H,24,25). The number of nitrogens with one attached hydrogen (secondary N) is 1. The Morgan fingerprint density at radius 2 is 1.70 bits per heavy atom. The molecular formula is C21H21N3OS2. The number of carbonyl (C=O) groups is 1. The van der Waals surface area contributed by atoms with Gasteiger partial charge in [-0.25, -0.2) is 9.97 Å². The average molecular weight is 396 g/mol. The normalized spacial score (nSPS) is 10.6. The number of rotatable bonds is 7. The summed E-state index contributed by atoms with van der Waals surface area (Å²) in [5.41, 5.74) is 3.50. The van der Waals surface area contributed by atoms with E-state index in [1.54, 1.807) is 24.2 Å². The van der Waals surface area contributed by atoms with E-state index >= 15 is 0 Å². The van der Waals surface area contributed by atoms with Gasteiger partial charge >= 0.3 is 0 Å². The first-order valence-corrected chi connectivity index (χ1v) is 10.4. The maximum atomic E-state index is 12.2. The molecule has 0 saturated carbocycles. The minimum Gasteiger partial charge on any atom is -0.351 e. The average Bonchev–Trinajstić information content (AvgIpc) is 2.67. The first-order chi connectivity index (χ1) is 13.1. The Morgan fingerprint density at radius 1 is 0.963 bits per heavy atom. The van der Waals surface area contributed by atoms with Gasteiger partial charge in [-0.3, -0.25) is 4.79 Å². The molecule has 0 atom stereocenters. The molecule has 0 fully saturated rings. The van der Waals surface area contributed by atoms with E-state index in [2.05, 4.69) is 40.4 Å². The molecule has 0 radical (unpaired) electrons. The number of amides is 1. The number of aromatic nitrogens is 2. The van der Waals surface area contributed by atoms with Crippen LogP contribution in [0.5, 0.6) is 0 Å². The molecule has 4 nitrogen and oxygen atoms in total. The highest BCUT2D eigenvalue weighted by Crippen LogP contribution is 2.32. The molecule has 0 unspecified atom stereocenters.